The molecule has 13 heteroatoms. The van der Waals surface area contributed by atoms with Gasteiger partial charge in [-0.25, -0.2) is 15.0 Å². The van der Waals surface area contributed by atoms with Crippen LogP contribution in [0, 0.1) is 6.92 Å². The number of piperazine rings is 1. The number of rotatable bonds is 11. The normalized spacial score (nSPS) is 19.6. The number of nitrogens with zero attached hydrogens (tertiary/aromatic N) is 7. The predicted octanol–water partition coefficient (Wildman–Crippen LogP) is 6.35. The summed E-state index contributed by atoms with van der Waals surface area (Å²) in [5.74, 6) is 3.62. The Morgan fingerprint density at radius 3 is 2.26 bits per heavy atom. The summed E-state index contributed by atoms with van der Waals surface area (Å²) in [5.41, 5.74) is 5.41. The van der Waals surface area contributed by atoms with Gasteiger partial charge in [-0.3, -0.25) is 9.69 Å². The predicted molar refractivity (Wildman–Crippen MR) is 224 cm³/mol. The Morgan fingerprint density at radius 1 is 0.912 bits per heavy atom. The molecule has 8 rings (SSSR count). The zero-order chi connectivity index (χ0) is 39.5. The Labute approximate surface area is 342 Å². The summed E-state index contributed by atoms with van der Waals surface area (Å²) in [7, 11) is 3.35. The van der Waals surface area contributed by atoms with Crippen LogP contribution in [0.4, 0.5) is 11.8 Å². The lowest BCUT2D eigenvalue weighted by Crippen LogP contribution is -2.69. The van der Waals surface area contributed by atoms with E-state index in [1.165, 1.54) is 0 Å². The molecule has 3 aromatic carbocycles. The van der Waals surface area contributed by atoms with Gasteiger partial charge in [-0.15, -0.1) is 0 Å². The van der Waals surface area contributed by atoms with Crippen LogP contribution < -0.4 is 19.7 Å². The van der Waals surface area contributed by atoms with E-state index in [1.807, 2.05) is 61.8 Å². The molecule has 296 valence electrons. The second-order valence-corrected chi connectivity index (χ2v) is 15.6. The van der Waals surface area contributed by atoms with Crippen molar-refractivity contribution in [3.63, 3.8) is 0 Å². The molecule has 2 atom stereocenters. The summed E-state index contributed by atoms with van der Waals surface area (Å²) in [6, 6.07) is 22.0. The number of nitrogens with one attached hydrogen (secondary N) is 1. The molecule has 5 heterocycles. The molecule has 12 nitrogen and oxygen atoms in total. The van der Waals surface area contributed by atoms with Crippen molar-refractivity contribution >= 4 is 33.6 Å². The third-order valence-corrected chi connectivity index (χ3v) is 12.6. The summed E-state index contributed by atoms with van der Waals surface area (Å²) >= 11 is 3.70. The fourth-order valence-electron chi connectivity index (χ4n) is 8.59. The zero-order valence-corrected chi connectivity index (χ0v) is 34.6. The van der Waals surface area contributed by atoms with E-state index in [-0.39, 0.29) is 11.9 Å². The average molecular weight is 834 g/mol. The lowest BCUT2D eigenvalue weighted by atomic mass is 9.75. The SMILES string of the molecule is CCN1CCN(C(=O)c2cccc(Br)c2C)C(Cc2ccc(OC)cc2)(c2ncc(-c3nc(N4CCOCC4)nc4c3CCN4)cn2)C1Cc1ccc(OC)cc1. The van der Waals surface area contributed by atoms with Gasteiger partial charge in [0.25, 0.3) is 5.91 Å². The minimum Gasteiger partial charge on any atom is -0.497 e. The van der Waals surface area contributed by atoms with Crippen molar-refractivity contribution in [3.05, 3.63) is 117 Å². The molecule has 2 aromatic heterocycles. The molecule has 3 aliphatic rings. The van der Waals surface area contributed by atoms with E-state index in [1.54, 1.807) is 14.2 Å². The smallest absolute Gasteiger partial charge is 0.255 e. The fraction of sp³-hybridized carbons (Fsp3) is 0.386. The third-order valence-electron chi connectivity index (χ3n) is 11.7. The minimum absolute atomic E-state index is 0.0553. The molecule has 3 aliphatic heterocycles. The van der Waals surface area contributed by atoms with Gasteiger partial charge in [0.2, 0.25) is 5.95 Å². The zero-order valence-electron chi connectivity index (χ0n) is 33.0. The number of carbonyl (C=O) groups excluding carboxylic acids is 1. The van der Waals surface area contributed by atoms with E-state index in [0.29, 0.717) is 56.5 Å². The summed E-state index contributed by atoms with van der Waals surface area (Å²) < 4.78 is 17.6. The van der Waals surface area contributed by atoms with Crippen LogP contribution in [0.3, 0.4) is 0 Å². The molecule has 0 spiro atoms. The number of methoxy groups -OCH3 is 2. The van der Waals surface area contributed by atoms with E-state index in [4.69, 9.17) is 34.1 Å². The maximum atomic E-state index is 15.3. The number of hydrogen-bond acceptors (Lipinski definition) is 11. The topological polar surface area (TPSA) is 118 Å². The quantitative estimate of drug-likeness (QED) is 0.161. The van der Waals surface area contributed by atoms with Crippen LogP contribution in [-0.4, -0.2) is 108 Å². The van der Waals surface area contributed by atoms with Gasteiger partial charge in [0.05, 0.1) is 33.1 Å². The maximum absolute atomic E-state index is 15.3. The summed E-state index contributed by atoms with van der Waals surface area (Å²) in [6.45, 7) is 9.68. The molecule has 57 heavy (non-hydrogen) atoms. The van der Waals surface area contributed by atoms with Crippen LogP contribution in [-0.2, 0) is 29.5 Å². The number of amides is 1. The van der Waals surface area contributed by atoms with Gasteiger partial charge in [0.1, 0.15) is 22.9 Å². The number of ether oxygens (including phenoxy) is 3. The maximum Gasteiger partial charge on any atom is 0.255 e. The highest BCUT2D eigenvalue weighted by Gasteiger charge is 2.54. The highest BCUT2D eigenvalue weighted by atomic mass is 79.9. The van der Waals surface area contributed by atoms with E-state index in [0.717, 1.165) is 87.9 Å². The average Bonchev–Trinajstić information content (AvgIpc) is 3.74. The molecule has 1 amide bonds. The Balaban J connectivity index is 1.31. The first-order valence-corrected chi connectivity index (χ1v) is 20.5. The van der Waals surface area contributed by atoms with Gasteiger partial charge < -0.3 is 29.3 Å². The number of fused-ring (bicyclic) bond motifs is 1. The van der Waals surface area contributed by atoms with Crippen LogP contribution in [0.15, 0.2) is 83.6 Å². The number of halogens is 1. The van der Waals surface area contributed by atoms with Crippen LogP contribution in [0.2, 0.25) is 0 Å². The molecule has 0 aliphatic carbocycles. The number of anilines is 2. The summed E-state index contributed by atoms with van der Waals surface area (Å²) in [6.07, 6.45) is 5.71. The molecular weight excluding hydrogens is 784 g/mol. The van der Waals surface area contributed by atoms with Crippen LogP contribution in [0.25, 0.3) is 11.3 Å². The van der Waals surface area contributed by atoms with Crippen molar-refractivity contribution in [3.8, 4) is 22.8 Å². The van der Waals surface area contributed by atoms with Crippen LogP contribution in [0.1, 0.15) is 45.4 Å². The minimum atomic E-state index is -0.999. The van der Waals surface area contributed by atoms with E-state index < -0.39 is 5.54 Å². The van der Waals surface area contributed by atoms with Crippen molar-refractivity contribution in [2.45, 2.75) is 44.7 Å². The van der Waals surface area contributed by atoms with Gasteiger partial charge in [-0.05, 0) is 79.4 Å². The lowest BCUT2D eigenvalue weighted by molar-refractivity contribution is -0.0456. The second kappa shape index (κ2) is 16.8. The second-order valence-electron chi connectivity index (χ2n) is 14.8. The van der Waals surface area contributed by atoms with E-state index in [2.05, 4.69) is 67.1 Å². The monoisotopic (exact) mass is 832 g/mol. The number of carbonyl (C=O) groups is 1. The first-order chi connectivity index (χ1) is 27.8. The third kappa shape index (κ3) is 7.55. The van der Waals surface area contributed by atoms with E-state index in [9.17, 15) is 0 Å². The van der Waals surface area contributed by atoms with Crippen molar-refractivity contribution in [1.82, 2.24) is 29.7 Å². The number of morpholine rings is 1. The van der Waals surface area contributed by atoms with Gasteiger partial charge in [-0.2, -0.15) is 4.98 Å². The molecule has 1 N–H and O–H groups in total. The van der Waals surface area contributed by atoms with E-state index >= 15 is 4.79 Å². The number of likely N-dealkylation sites (N-methyl/N-ethyl adjacent to an activating group) is 1. The molecule has 5 aromatic rings. The molecule has 2 fully saturated rings. The van der Waals surface area contributed by atoms with Crippen molar-refractivity contribution in [1.29, 1.82) is 0 Å². The van der Waals surface area contributed by atoms with Crippen molar-refractivity contribution in [2.24, 2.45) is 0 Å². The van der Waals surface area contributed by atoms with Crippen LogP contribution in [0.5, 0.6) is 11.5 Å². The highest BCUT2D eigenvalue weighted by Crippen LogP contribution is 2.43. The van der Waals surface area contributed by atoms with Crippen LogP contribution >= 0.6 is 15.9 Å². The largest absolute Gasteiger partial charge is 0.497 e. The molecule has 0 bridgehead atoms. The molecule has 2 saturated heterocycles. The number of aromatic nitrogens is 4. The molecule has 0 radical (unpaired) electrons. The van der Waals surface area contributed by atoms with Gasteiger partial charge >= 0.3 is 0 Å². The first-order valence-electron chi connectivity index (χ1n) is 19.7. The standard InChI is InChI=1S/C44H49BrN8O4/c1-5-51-19-20-53(41(54)35-7-6-8-37(45)29(35)2)44(26-31-11-15-34(56-4)16-12-31,38(51)25-30-9-13-33(55-3)14-10-30)42-47-27-32(28-48-42)39-36-17-18-46-40(36)50-43(49-39)52-21-23-57-24-22-52/h6-16,27-28,38H,5,17-26H2,1-4H3,(H,46,49,50). The molecule has 2 unspecified atom stereocenters. The Kier molecular flexibility index (Phi) is 11.4. The number of hydrogen-bond donors (Lipinski definition) is 1. The number of benzene rings is 3. The Bertz CT molecular complexity index is 2200. The Hall–Kier alpha value is -5.11. The van der Waals surface area contributed by atoms with Gasteiger partial charge in [-0.1, -0.05) is 53.2 Å². The highest BCUT2D eigenvalue weighted by molar-refractivity contribution is 9.10. The van der Waals surface area contributed by atoms with Crippen molar-refractivity contribution in [2.75, 3.05) is 76.9 Å². The van der Waals surface area contributed by atoms with Gasteiger partial charge in [0.15, 0.2) is 5.82 Å². The van der Waals surface area contributed by atoms with Gasteiger partial charge in [0, 0.05) is 78.7 Å². The fourth-order valence-corrected chi connectivity index (χ4v) is 8.96. The Morgan fingerprint density at radius 2 is 1.60 bits per heavy atom. The molecule has 0 saturated carbocycles. The first kappa shape index (κ1) is 38.7. The molecular formula is C44H49BrN8O4. The summed E-state index contributed by atoms with van der Waals surface area (Å²) in [4.78, 5) is 42.7. The summed E-state index contributed by atoms with van der Waals surface area (Å²) in [5, 5.41) is 3.46. The van der Waals surface area contributed by atoms with Crippen molar-refractivity contribution < 1.29 is 19.0 Å². The lowest BCUT2D eigenvalue weighted by Gasteiger charge is -2.55.